The maximum absolute atomic E-state index is 13.3. The van der Waals surface area contributed by atoms with E-state index >= 15 is 0 Å². The smallest absolute Gasteiger partial charge is 0.319 e. The number of imidazole rings is 1. The van der Waals surface area contributed by atoms with Gasteiger partial charge in [-0.05, 0) is 0 Å². The van der Waals surface area contributed by atoms with Gasteiger partial charge in [-0.25, -0.2) is 18.2 Å². The zero-order chi connectivity index (χ0) is 14.0. The summed E-state index contributed by atoms with van der Waals surface area (Å²) in [6.07, 6.45) is 2.19. The van der Waals surface area contributed by atoms with E-state index in [-0.39, 0.29) is 12.4 Å². The Morgan fingerprint density at radius 2 is 1.95 bits per heavy atom. The molecule has 0 radical (unpaired) electrons. The predicted molar refractivity (Wildman–Crippen MR) is 57.1 cm³/mol. The topological polar surface area (TPSA) is 29.9 Å². The lowest BCUT2D eigenvalue weighted by atomic mass is 10.3. The highest BCUT2D eigenvalue weighted by molar-refractivity contribution is 5.45. The number of rotatable bonds is 4. The molecule has 1 heterocycles. The standard InChI is InChI=1S/C11H8F5N3/c12-6-3-7(13)10(14)8(4-6)18-5-9-17-1-2-19(9)11(15)16/h1-4,11,18H,5H2. The molecule has 0 aliphatic carbocycles. The van der Waals surface area contributed by atoms with Crippen molar-refractivity contribution < 1.29 is 22.0 Å². The van der Waals surface area contributed by atoms with E-state index in [2.05, 4.69) is 10.3 Å². The molecule has 2 aromatic rings. The van der Waals surface area contributed by atoms with E-state index in [1.54, 1.807) is 0 Å². The minimum absolute atomic E-state index is 0.0842. The molecule has 0 amide bonds. The van der Waals surface area contributed by atoms with Crippen molar-refractivity contribution in [1.29, 1.82) is 0 Å². The van der Waals surface area contributed by atoms with Gasteiger partial charge in [0.2, 0.25) is 0 Å². The second kappa shape index (κ2) is 5.25. The van der Waals surface area contributed by atoms with Crippen molar-refractivity contribution in [1.82, 2.24) is 9.55 Å². The number of halogens is 5. The number of benzene rings is 1. The molecule has 2 rings (SSSR count). The van der Waals surface area contributed by atoms with E-state index in [0.717, 1.165) is 18.5 Å². The van der Waals surface area contributed by atoms with Gasteiger partial charge in [-0.1, -0.05) is 0 Å². The number of aromatic nitrogens is 2. The molecule has 3 nitrogen and oxygen atoms in total. The molecule has 0 aliphatic rings. The summed E-state index contributed by atoms with van der Waals surface area (Å²) in [5.74, 6) is -3.70. The summed E-state index contributed by atoms with van der Waals surface area (Å²) >= 11 is 0. The summed E-state index contributed by atoms with van der Waals surface area (Å²) in [5, 5.41) is 2.32. The van der Waals surface area contributed by atoms with Crippen LogP contribution in [0.15, 0.2) is 24.5 Å². The van der Waals surface area contributed by atoms with Crippen LogP contribution in [0, 0.1) is 17.5 Å². The van der Waals surface area contributed by atoms with Gasteiger partial charge in [-0.2, -0.15) is 8.78 Å². The Hall–Kier alpha value is -2.12. The summed E-state index contributed by atoms with van der Waals surface area (Å²) in [4.78, 5) is 3.64. The SMILES string of the molecule is Fc1cc(F)c(F)c(NCc2nccn2C(F)F)c1. The summed E-state index contributed by atoms with van der Waals surface area (Å²) in [6, 6.07) is 1.12. The Labute approximate surface area is 104 Å². The van der Waals surface area contributed by atoms with Crippen LogP contribution in [0.3, 0.4) is 0 Å². The number of alkyl halides is 2. The lowest BCUT2D eigenvalue weighted by Gasteiger charge is -2.10. The molecule has 0 atom stereocenters. The molecule has 8 heteroatoms. The number of hydrogen-bond donors (Lipinski definition) is 1. The number of nitrogens with one attached hydrogen (secondary N) is 1. The van der Waals surface area contributed by atoms with Crippen molar-refractivity contribution >= 4 is 5.69 Å². The van der Waals surface area contributed by atoms with Crippen molar-refractivity contribution in [2.24, 2.45) is 0 Å². The quantitative estimate of drug-likeness (QED) is 0.686. The van der Waals surface area contributed by atoms with E-state index in [4.69, 9.17) is 0 Å². The molecule has 0 unspecified atom stereocenters. The highest BCUT2D eigenvalue weighted by Gasteiger charge is 2.14. The Morgan fingerprint density at radius 1 is 1.21 bits per heavy atom. The molecule has 1 aromatic heterocycles. The van der Waals surface area contributed by atoms with Crippen molar-refractivity contribution in [3.05, 3.63) is 47.8 Å². The monoisotopic (exact) mass is 277 g/mol. The largest absolute Gasteiger partial charge is 0.375 e. The lowest BCUT2D eigenvalue weighted by molar-refractivity contribution is 0.0673. The molecular formula is C11H8F5N3. The number of hydrogen-bond acceptors (Lipinski definition) is 2. The average molecular weight is 277 g/mol. The fourth-order valence-electron chi connectivity index (χ4n) is 1.52. The zero-order valence-corrected chi connectivity index (χ0v) is 9.38. The maximum atomic E-state index is 13.3. The van der Waals surface area contributed by atoms with Crippen LogP contribution in [-0.4, -0.2) is 9.55 Å². The summed E-state index contributed by atoms with van der Waals surface area (Å²) in [7, 11) is 0. The summed E-state index contributed by atoms with van der Waals surface area (Å²) in [6.45, 7) is -3.09. The van der Waals surface area contributed by atoms with Crippen LogP contribution in [0.2, 0.25) is 0 Å². The fraction of sp³-hybridized carbons (Fsp3) is 0.182. The first-order valence-corrected chi connectivity index (χ1v) is 5.17. The minimum atomic E-state index is -2.80. The molecule has 0 saturated heterocycles. The third-order valence-electron chi connectivity index (χ3n) is 2.39. The van der Waals surface area contributed by atoms with E-state index in [9.17, 15) is 22.0 Å². The average Bonchev–Trinajstić information content (AvgIpc) is 2.80. The van der Waals surface area contributed by atoms with Crippen molar-refractivity contribution in [2.75, 3.05) is 5.32 Å². The van der Waals surface area contributed by atoms with Crippen molar-refractivity contribution in [3.8, 4) is 0 Å². The maximum Gasteiger partial charge on any atom is 0.319 e. The molecule has 1 aromatic carbocycles. The normalized spacial score (nSPS) is 11.1. The van der Waals surface area contributed by atoms with Gasteiger partial charge in [-0.15, -0.1) is 0 Å². The summed E-state index contributed by atoms with van der Waals surface area (Å²) < 4.78 is 64.6. The molecular weight excluding hydrogens is 269 g/mol. The number of anilines is 1. The summed E-state index contributed by atoms with van der Waals surface area (Å²) in [5.41, 5.74) is -0.457. The Bertz CT molecular complexity index is 582. The third-order valence-corrected chi connectivity index (χ3v) is 2.39. The van der Waals surface area contributed by atoms with Crippen molar-refractivity contribution in [3.63, 3.8) is 0 Å². The molecule has 0 fully saturated rings. The van der Waals surface area contributed by atoms with Crippen LogP contribution in [0.25, 0.3) is 0 Å². The Balaban J connectivity index is 2.17. The molecule has 19 heavy (non-hydrogen) atoms. The third kappa shape index (κ3) is 2.83. The van der Waals surface area contributed by atoms with Gasteiger partial charge in [-0.3, -0.25) is 4.57 Å². The van der Waals surface area contributed by atoms with E-state index in [1.807, 2.05) is 0 Å². The highest BCUT2D eigenvalue weighted by atomic mass is 19.3. The van der Waals surface area contributed by atoms with Crippen molar-refractivity contribution in [2.45, 2.75) is 13.1 Å². The Kier molecular flexibility index (Phi) is 3.68. The van der Waals surface area contributed by atoms with Gasteiger partial charge in [0.05, 0.1) is 12.2 Å². The van der Waals surface area contributed by atoms with Crippen LogP contribution in [-0.2, 0) is 6.54 Å². The molecule has 0 spiro atoms. The fourth-order valence-corrected chi connectivity index (χ4v) is 1.52. The van der Waals surface area contributed by atoms with E-state index in [1.165, 1.54) is 0 Å². The number of nitrogens with zero attached hydrogens (tertiary/aromatic N) is 2. The van der Waals surface area contributed by atoms with Gasteiger partial charge in [0.1, 0.15) is 11.6 Å². The second-order valence-electron chi connectivity index (χ2n) is 3.63. The lowest BCUT2D eigenvalue weighted by Crippen LogP contribution is -2.10. The predicted octanol–water partition coefficient (Wildman–Crippen LogP) is 3.31. The van der Waals surface area contributed by atoms with E-state index < -0.39 is 29.7 Å². The first kappa shape index (κ1) is 13.3. The van der Waals surface area contributed by atoms with Crippen LogP contribution in [0.4, 0.5) is 27.6 Å². The van der Waals surface area contributed by atoms with Gasteiger partial charge >= 0.3 is 6.55 Å². The van der Waals surface area contributed by atoms with Gasteiger partial charge in [0.25, 0.3) is 0 Å². The van der Waals surface area contributed by atoms with E-state index in [0.29, 0.717) is 10.6 Å². The molecule has 0 saturated carbocycles. The van der Waals surface area contributed by atoms with Gasteiger partial charge < -0.3 is 5.32 Å². The van der Waals surface area contributed by atoms with Crippen LogP contribution in [0.5, 0.6) is 0 Å². The van der Waals surface area contributed by atoms with Crippen LogP contribution >= 0.6 is 0 Å². The first-order valence-electron chi connectivity index (χ1n) is 5.17. The zero-order valence-electron chi connectivity index (χ0n) is 9.38. The highest BCUT2D eigenvalue weighted by Crippen LogP contribution is 2.20. The molecule has 102 valence electrons. The second-order valence-corrected chi connectivity index (χ2v) is 3.63. The Morgan fingerprint density at radius 3 is 2.63 bits per heavy atom. The molecule has 0 aliphatic heterocycles. The van der Waals surface area contributed by atoms with Gasteiger partial charge in [0.15, 0.2) is 11.6 Å². The molecule has 0 bridgehead atoms. The molecule has 1 N–H and O–H groups in total. The van der Waals surface area contributed by atoms with Gasteiger partial charge in [0, 0.05) is 24.5 Å². The first-order chi connectivity index (χ1) is 8.99. The minimum Gasteiger partial charge on any atom is -0.375 e. The van der Waals surface area contributed by atoms with Crippen LogP contribution in [0.1, 0.15) is 12.4 Å². The van der Waals surface area contributed by atoms with Crippen LogP contribution < -0.4 is 5.32 Å².